The highest BCUT2D eigenvalue weighted by Crippen LogP contribution is 2.33. The molecule has 1 atom stereocenters. The van der Waals surface area contributed by atoms with Gasteiger partial charge in [0.2, 0.25) is 5.91 Å². The number of carbonyl (C=O) groups is 1. The number of aromatic nitrogens is 3. The van der Waals surface area contributed by atoms with E-state index in [1.54, 1.807) is 7.11 Å². The Morgan fingerprint density at radius 1 is 1.27 bits per heavy atom. The van der Waals surface area contributed by atoms with Gasteiger partial charge in [-0.05, 0) is 55.7 Å². The van der Waals surface area contributed by atoms with Crippen LogP contribution in [0.5, 0.6) is 5.75 Å². The van der Waals surface area contributed by atoms with E-state index >= 15 is 0 Å². The Balaban J connectivity index is 1.48. The standard InChI is InChI=1S/C23H26N4O2S/c1-16-5-3-6-18(15-16)22-24-25-23(30)27(22)14-12-21(28)26-13-4-7-20(26)17-8-10-19(29-2)11-9-17/h3,5-6,8-11,15,20H,4,7,12-14H2,1-2H3,(H,25,30)/t20-/m1/s1. The molecule has 0 bridgehead atoms. The van der Waals surface area contributed by atoms with Crippen LogP contribution in [0.3, 0.4) is 0 Å². The highest BCUT2D eigenvalue weighted by molar-refractivity contribution is 7.71. The van der Waals surface area contributed by atoms with E-state index in [2.05, 4.69) is 28.4 Å². The van der Waals surface area contributed by atoms with Crippen molar-refractivity contribution in [1.82, 2.24) is 19.7 Å². The Hall–Kier alpha value is -2.93. The molecule has 1 N–H and O–H groups in total. The third-order valence-electron chi connectivity index (χ3n) is 5.66. The van der Waals surface area contributed by atoms with Gasteiger partial charge in [0, 0.05) is 25.1 Å². The van der Waals surface area contributed by atoms with Crippen LogP contribution < -0.4 is 4.74 Å². The van der Waals surface area contributed by atoms with Crippen LogP contribution in [0.4, 0.5) is 0 Å². The van der Waals surface area contributed by atoms with E-state index in [9.17, 15) is 4.79 Å². The minimum absolute atomic E-state index is 0.122. The van der Waals surface area contributed by atoms with Crippen LogP contribution in [0.2, 0.25) is 0 Å². The summed E-state index contributed by atoms with van der Waals surface area (Å²) in [6, 6.07) is 16.3. The number of ether oxygens (including phenoxy) is 1. The quantitative estimate of drug-likeness (QED) is 0.586. The second kappa shape index (κ2) is 8.83. The van der Waals surface area contributed by atoms with Crippen molar-refractivity contribution in [1.29, 1.82) is 0 Å². The van der Waals surface area contributed by atoms with Gasteiger partial charge in [0.15, 0.2) is 10.6 Å². The van der Waals surface area contributed by atoms with Crippen LogP contribution in [0, 0.1) is 11.7 Å². The summed E-state index contributed by atoms with van der Waals surface area (Å²) in [5.41, 5.74) is 3.30. The first kappa shape index (κ1) is 20.3. The smallest absolute Gasteiger partial charge is 0.224 e. The Bertz CT molecular complexity index is 1090. The summed E-state index contributed by atoms with van der Waals surface area (Å²) < 4.78 is 7.70. The van der Waals surface area contributed by atoms with Crippen molar-refractivity contribution in [3.05, 3.63) is 64.4 Å². The topological polar surface area (TPSA) is 63.1 Å². The van der Waals surface area contributed by atoms with Gasteiger partial charge in [-0.2, -0.15) is 5.10 Å². The number of carbonyl (C=O) groups excluding carboxylic acids is 1. The number of H-pyrrole nitrogens is 1. The number of benzene rings is 2. The zero-order valence-corrected chi connectivity index (χ0v) is 18.1. The minimum atomic E-state index is 0.122. The van der Waals surface area contributed by atoms with Crippen LogP contribution in [-0.2, 0) is 11.3 Å². The van der Waals surface area contributed by atoms with Crippen LogP contribution in [0.1, 0.15) is 36.4 Å². The number of amides is 1. The molecule has 4 rings (SSSR count). The minimum Gasteiger partial charge on any atom is -0.497 e. The van der Waals surface area contributed by atoms with E-state index in [1.807, 2.05) is 46.7 Å². The maximum atomic E-state index is 13.1. The Kier molecular flexibility index (Phi) is 5.99. The van der Waals surface area contributed by atoms with Crippen molar-refractivity contribution < 1.29 is 9.53 Å². The lowest BCUT2D eigenvalue weighted by Crippen LogP contribution is -2.31. The van der Waals surface area contributed by atoms with E-state index in [0.717, 1.165) is 47.7 Å². The summed E-state index contributed by atoms with van der Waals surface area (Å²) in [4.78, 5) is 15.1. The van der Waals surface area contributed by atoms with E-state index in [0.29, 0.717) is 17.7 Å². The maximum absolute atomic E-state index is 13.1. The van der Waals surface area contributed by atoms with Crippen molar-refractivity contribution in [3.63, 3.8) is 0 Å². The molecule has 0 unspecified atom stereocenters. The Morgan fingerprint density at radius 2 is 2.07 bits per heavy atom. The van der Waals surface area contributed by atoms with Gasteiger partial charge < -0.3 is 9.64 Å². The number of hydrogen-bond donors (Lipinski definition) is 1. The lowest BCUT2D eigenvalue weighted by Gasteiger charge is -2.25. The molecule has 1 aliphatic rings. The molecule has 7 heteroatoms. The molecule has 2 heterocycles. The molecular weight excluding hydrogens is 396 g/mol. The predicted molar refractivity (Wildman–Crippen MR) is 119 cm³/mol. The van der Waals surface area contributed by atoms with E-state index in [1.165, 1.54) is 0 Å². The number of aromatic amines is 1. The molecule has 6 nitrogen and oxygen atoms in total. The number of rotatable bonds is 6. The summed E-state index contributed by atoms with van der Waals surface area (Å²) in [5, 5.41) is 7.26. The number of methoxy groups -OCH3 is 1. The molecule has 0 aliphatic carbocycles. The first-order valence-electron chi connectivity index (χ1n) is 10.2. The molecule has 1 aromatic heterocycles. The molecule has 1 amide bonds. The first-order valence-corrected chi connectivity index (χ1v) is 10.6. The monoisotopic (exact) mass is 422 g/mol. The molecule has 0 spiro atoms. The number of aryl methyl sites for hydroxylation is 1. The van der Waals surface area contributed by atoms with Crippen molar-refractivity contribution in [2.45, 2.75) is 38.8 Å². The van der Waals surface area contributed by atoms with Gasteiger partial charge in [0.05, 0.1) is 13.2 Å². The Labute approximate surface area is 181 Å². The lowest BCUT2D eigenvalue weighted by atomic mass is 10.0. The lowest BCUT2D eigenvalue weighted by molar-refractivity contribution is -0.132. The highest BCUT2D eigenvalue weighted by atomic mass is 32.1. The predicted octanol–water partition coefficient (Wildman–Crippen LogP) is 4.68. The van der Waals surface area contributed by atoms with Crippen molar-refractivity contribution in [2.24, 2.45) is 0 Å². The second-order valence-electron chi connectivity index (χ2n) is 7.64. The molecule has 1 saturated heterocycles. The van der Waals surface area contributed by atoms with E-state index in [-0.39, 0.29) is 11.9 Å². The molecular formula is C23H26N4O2S. The second-order valence-corrected chi connectivity index (χ2v) is 8.03. The number of nitrogens with one attached hydrogen (secondary N) is 1. The summed E-state index contributed by atoms with van der Waals surface area (Å²) in [6.07, 6.45) is 2.39. The maximum Gasteiger partial charge on any atom is 0.224 e. The summed E-state index contributed by atoms with van der Waals surface area (Å²) >= 11 is 5.42. The number of likely N-dealkylation sites (tertiary alicyclic amines) is 1. The van der Waals surface area contributed by atoms with Gasteiger partial charge >= 0.3 is 0 Å². The van der Waals surface area contributed by atoms with Crippen LogP contribution in [0.25, 0.3) is 11.4 Å². The fourth-order valence-electron chi connectivity index (χ4n) is 4.12. The van der Waals surface area contributed by atoms with Gasteiger partial charge in [-0.25, -0.2) is 0 Å². The van der Waals surface area contributed by atoms with Crippen molar-refractivity contribution in [3.8, 4) is 17.1 Å². The van der Waals surface area contributed by atoms with E-state index < -0.39 is 0 Å². The van der Waals surface area contributed by atoms with Gasteiger partial charge in [0.25, 0.3) is 0 Å². The average molecular weight is 423 g/mol. The van der Waals surface area contributed by atoms with E-state index in [4.69, 9.17) is 17.0 Å². The number of hydrogen-bond acceptors (Lipinski definition) is 4. The zero-order chi connectivity index (χ0) is 21.1. The fourth-order valence-corrected chi connectivity index (χ4v) is 4.34. The van der Waals surface area contributed by atoms with Gasteiger partial charge in [-0.1, -0.05) is 35.9 Å². The molecule has 156 valence electrons. The Morgan fingerprint density at radius 3 is 2.80 bits per heavy atom. The van der Waals surface area contributed by atoms with Crippen LogP contribution in [-0.4, -0.2) is 39.2 Å². The van der Waals surface area contributed by atoms with Gasteiger partial charge in [-0.3, -0.25) is 14.5 Å². The van der Waals surface area contributed by atoms with Gasteiger partial charge in [-0.15, -0.1) is 0 Å². The average Bonchev–Trinajstić information content (AvgIpc) is 3.39. The summed E-state index contributed by atoms with van der Waals surface area (Å²) in [7, 11) is 1.66. The molecule has 30 heavy (non-hydrogen) atoms. The third kappa shape index (κ3) is 4.16. The highest BCUT2D eigenvalue weighted by Gasteiger charge is 2.29. The normalized spacial score (nSPS) is 16.1. The molecule has 0 radical (unpaired) electrons. The van der Waals surface area contributed by atoms with Crippen molar-refractivity contribution in [2.75, 3.05) is 13.7 Å². The molecule has 1 fully saturated rings. The van der Waals surface area contributed by atoms with Crippen LogP contribution >= 0.6 is 12.2 Å². The molecule has 3 aromatic rings. The van der Waals surface area contributed by atoms with Crippen molar-refractivity contribution >= 4 is 18.1 Å². The largest absolute Gasteiger partial charge is 0.497 e. The van der Waals surface area contributed by atoms with Gasteiger partial charge in [0.1, 0.15) is 5.75 Å². The summed E-state index contributed by atoms with van der Waals surface area (Å²) in [5.74, 6) is 1.74. The molecule has 1 aliphatic heterocycles. The summed E-state index contributed by atoms with van der Waals surface area (Å²) in [6.45, 7) is 3.34. The molecule has 0 saturated carbocycles. The zero-order valence-electron chi connectivity index (χ0n) is 17.3. The number of nitrogens with zero attached hydrogens (tertiary/aromatic N) is 3. The first-order chi connectivity index (χ1) is 14.6. The fraction of sp³-hybridized carbons (Fsp3) is 0.348. The SMILES string of the molecule is COc1ccc([C@H]2CCCN2C(=O)CCn2c(-c3cccc(C)c3)n[nH]c2=S)cc1. The third-order valence-corrected chi connectivity index (χ3v) is 5.97. The van der Waals surface area contributed by atoms with Crippen LogP contribution in [0.15, 0.2) is 48.5 Å². The molecule has 2 aromatic carbocycles.